The fourth-order valence-electron chi connectivity index (χ4n) is 1.74. The quantitative estimate of drug-likeness (QED) is 0.851. The Kier molecular flexibility index (Phi) is 6.19. The van der Waals surface area contributed by atoms with Gasteiger partial charge in [0.25, 0.3) is 0 Å². The predicted molar refractivity (Wildman–Crippen MR) is 79.8 cm³/mol. The van der Waals surface area contributed by atoms with Gasteiger partial charge in [-0.25, -0.2) is 4.79 Å². The third-order valence-corrected chi connectivity index (χ3v) is 2.79. The lowest BCUT2D eigenvalue weighted by molar-refractivity contribution is 0.147. The molecule has 1 rings (SSSR count). The number of ether oxygens (including phenoxy) is 1. The number of nitrogens with zero attached hydrogens (tertiary/aromatic N) is 1. The molecule has 1 aromatic rings. The summed E-state index contributed by atoms with van der Waals surface area (Å²) >= 11 is 0. The van der Waals surface area contributed by atoms with Gasteiger partial charge < -0.3 is 9.64 Å². The maximum absolute atomic E-state index is 11.5. The first-order valence-corrected chi connectivity index (χ1v) is 6.85. The molecular weight excluding hydrogens is 240 g/mol. The number of rotatable bonds is 6. The number of amides is 1. The lowest BCUT2D eigenvalue weighted by Crippen LogP contribution is -2.21. The minimum absolute atomic E-state index is 0.343. The highest BCUT2D eigenvalue weighted by Gasteiger charge is 2.05. The van der Waals surface area contributed by atoms with Crippen molar-refractivity contribution in [1.29, 1.82) is 0 Å². The minimum Gasteiger partial charge on any atom is -0.449 e. The molecule has 0 fully saturated rings. The van der Waals surface area contributed by atoms with Crippen LogP contribution < -0.4 is 10.2 Å². The van der Waals surface area contributed by atoms with Gasteiger partial charge in [-0.1, -0.05) is 13.8 Å². The van der Waals surface area contributed by atoms with E-state index in [9.17, 15) is 4.79 Å². The van der Waals surface area contributed by atoms with E-state index in [0.717, 1.165) is 24.5 Å². The maximum Gasteiger partial charge on any atom is 0.411 e. The molecule has 19 heavy (non-hydrogen) atoms. The molecular formula is C15H24N2O2. The van der Waals surface area contributed by atoms with Crippen molar-refractivity contribution < 1.29 is 9.53 Å². The van der Waals surface area contributed by atoms with Gasteiger partial charge in [0.2, 0.25) is 0 Å². The van der Waals surface area contributed by atoms with Gasteiger partial charge in [-0.05, 0) is 44.0 Å². The Labute approximate surface area is 115 Å². The molecule has 0 unspecified atom stereocenters. The smallest absolute Gasteiger partial charge is 0.411 e. The van der Waals surface area contributed by atoms with Gasteiger partial charge >= 0.3 is 6.09 Å². The van der Waals surface area contributed by atoms with Gasteiger partial charge in [-0.3, -0.25) is 5.32 Å². The van der Waals surface area contributed by atoms with Gasteiger partial charge in [0, 0.05) is 24.5 Å². The number of hydrogen-bond donors (Lipinski definition) is 1. The van der Waals surface area contributed by atoms with Crippen LogP contribution in [-0.4, -0.2) is 25.8 Å². The van der Waals surface area contributed by atoms with Crippen molar-refractivity contribution in [2.45, 2.75) is 27.7 Å². The average Bonchev–Trinajstić information content (AvgIpc) is 2.40. The Morgan fingerprint density at radius 3 is 2.26 bits per heavy atom. The zero-order valence-electron chi connectivity index (χ0n) is 12.3. The molecule has 4 heteroatoms. The van der Waals surface area contributed by atoms with Crippen molar-refractivity contribution in [2.75, 3.05) is 29.9 Å². The van der Waals surface area contributed by atoms with E-state index >= 15 is 0 Å². The van der Waals surface area contributed by atoms with E-state index in [2.05, 4.69) is 24.1 Å². The van der Waals surface area contributed by atoms with E-state index in [1.165, 1.54) is 0 Å². The highest BCUT2D eigenvalue weighted by atomic mass is 16.5. The standard InChI is InChI=1S/C15H24N2O2/c1-5-17(6-2)14-9-7-13(8-10-14)16-15(18)19-11-12(3)4/h7-10,12H,5-6,11H2,1-4H3,(H,16,18). The number of carbonyl (C=O) groups excluding carboxylic acids is 1. The molecule has 0 atom stereocenters. The molecule has 0 aliphatic rings. The summed E-state index contributed by atoms with van der Waals surface area (Å²) < 4.78 is 5.07. The molecule has 0 aliphatic heterocycles. The highest BCUT2D eigenvalue weighted by molar-refractivity contribution is 5.84. The fraction of sp³-hybridized carbons (Fsp3) is 0.533. The summed E-state index contributed by atoms with van der Waals surface area (Å²) in [5.74, 6) is 0.343. The third kappa shape index (κ3) is 5.20. The van der Waals surface area contributed by atoms with Crippen LogP contribution in [0.5, 0.6) is 0 Å². The van der Waals surface area contributed by atoms with Crippen LogP contribution in [0.2, 0.25) is 0 Å². The third-order valence-electron chi connectivity index (χ3n) is 2.79. The largest absolute Gasteiger partial charge is 0.449 e. The summed E-state index contributed by atoms with van der Waals surface area (Å²) in [6, 6.07) is 7.80. The molecule has 1 N–H and O–H groups in total. The van der Waals surface area contributed by atoms with Gasteiger partial charge in [-0.15, -0.1) is 0 Å². The van der Waals surface area contributed by atoms with Crippen molar-refractivity contribution in [2.24, 2.45) is 5.92 Å². The molecule has 0 heterocycles. The molecule has 0 aliphatic carbocycles. The van der Waals surface area contributed by atoms with Crippen LogP contribution in [0.25, 0.3) is 0 Å². The molecule has 0 bridgehead atoms. The van der Waals surface area contributed by atoms with Crippen LogP contribution in [0.3, 0.4) is 0 Å². The second-order valence-electron chi connectivity index (χ2n) is 4.84. The molecule has 4 nitrogen and oxygen atoms in total. The fourth-order valence-corrected chi connectivity index (χ4v) is 1.74. The Balaban J connectivity index is 2.54. The van der Waals surface area contributed by atoms with E-state index in [-0.39, 0.29) is 0 Å². The SMILES string of the molecule is CCN(CC)c1ccc(NC(=O)OCC(C)C)cc1. The van der Waals surface area contributed by atoms with E-state index in [4.69, 9.17) is 4.74 Å². The summed E-state index contributed by atoms with van der Waals surface area (Å²) in [5, 5.41) is 2.72. The van der Waals surface area contributed by atoms with E-state index in [0.29, 0.717) is 12.5 Å². The van der Waals surface area contributed by atoms with Crippen LogP contribution in [-0.2, 0) is 4.74 Å². The number of hydrogen-bond acceptors (Lipinski definition) is 3. The maximum atomic E-state index is 11.5. The Hall–Kier alpha value is -1.71. The minimum atomic E-state index is -0.399. The van der Waals surface area contributed by atoms with Crippen molar-refractivity contribution >= 4 is 17.5 Å². The molecule has 0 radical (unpaired) electrons. The molecule has 0 spiro atoms. The Morgan fingerprint density at radius 1 is 1.21 bits per heavy atom. The van der Waals surface area contributed by atoms with Gasteiger partial charge in [0.1, 0.15) is 0 Å². The first kappa shape index (κ1) is 15.3. The van der Waals surface area contributed by atoms with E-state index < -0.39 is 6.09 Å². The normalized spacial score (nSPS) is 10.4. The lowest BCUT2D eigenvalue weighted by atomic mass is 10.2. The van der Waals surface area contributed by atoms with Gasteiger partial charge in [0.15, 0.2) is 0 Å². The van der Waals surface area contributed by atoms with E-state index in [1.807, 2.05) is 38.1 Å². The van der Waals surface area contributed by atoms with Crippen LogP contribution in [0.15, 0.2) is 24.3 Å². The number of carbonyl (C=O) groups is 1. The Bertz CT molecular complexity index is 384. The number of anilines is 2. The van der Waals surface area contributed by atoms with Crippen LogP contribution in [0.1, 0.15) is 27.7 Å². The second-order valence-corrected chi connectivity index (χ2v) is 4.84. The zero-order chi connectivity index (χ0) is 14.3. The zero-order valence-corrected chi connectivity index (χ0v) is 12.3. The molecule has 1 amide bonds. The van der Waals surface area contributed by atoms with Crippen LogP contribution >= 0.6 is 0 Å². The van der Waals surface area contributed by atoms with Crippen molar-refractivity contribution in [3.8, 4) is 0 Å². The first-order valence-electron chi connectivity index (χ1n) is 6.85. The van der Waals surface area contributed by atoms with Gasteiger partial charge in [0.05, 0.1) is 6.61 Å². The predicted octanol–water partition coefficient (Wildman–Crippen LogP) is 3.74. The van der Waals surface area contributed by atoms with Crippen molar-refractivity contribution in [3.05, 3.63) is 24.3 Å². The molecule has 0 saturated heterocycles. The molecule has 1 aromatic carbocycles. The van der Waals surface area contributed by atoms with E-state index in [1.54, 1.807) is 0 Å². The summed E-state index contributed by atoms with van der Waals surface area (Å²) in [4.78, 5) is 13.8. The second kappa shape index (κ2) is 7.67. The number of benzene rings is 1. The molecule has 106 valence electrons. The van der Waals surface area contributed by atoms with Crippen LogP contribution in [0, 0.1) is 5.92 Å². The Morgan fingerprint density at radius 2 is 1.79 bits per heavy atom. The highest BCUT2D eigenvalue weighted by Crippen LogP contribution is 2.17. The molecule has 0 aromatic heterocycles. The number of nitrogens with one attached hydrogen (secondary N) is 1. The lowest BCUT2D eigenvalue weighted by Gasteiger charge is -2.21. The van der Waals surface area contributed by atoms with Gasteiger partial charge in [-0.2, -0.15) is 0 Å². The monoisotopic (exact) mass is 264 g/mol. The van der Waals surface area contributed by atoms with Crippen molar-refractivity contribution in [3.63, 3.8) is 0 Å². The average molecular weight is 264 g/mol. The van der Waals surface area contributed by atoms with Crippen molar-refractivity contribution in [1.82, 2.24) is 0 Å². The summed E-state index contributed by atoms with van der Waals surface area (Å²) in [5.41, 5.74) is 1.91. The summed E-state index contributed by atoms with van der Waals surface area (Å²) in [7, 11) is 0. The summed E-state index contributed by atoms with van der Waals surface area (Å²) in [6.45, 7) is 10.6. The molecule has 0 saturated carbocycles. The summed E-state index contributed by atoms with van der Waals surface area (Å²) in [6.07, 6.45) is -0.399. The topological polar surface area (TPSA) is 41.6 Å². The van der Waals surface area contributed by atoms with Crippen LogP contribution in [0.4, 0.5) is 16.2 Å². The first-order chi connectivity index (χ1) is 9.06.